The smallest absolute Gasteiger partial charge is 0.274 e. The van der Waals surface area contributed by atoms with E-state index < -0.39 is 33.0 Å². The summed E-state index contributed by atoms with van der Waals surface area (Å²) in [6.45, 7) is 1.39. The van der Waals surface area contributed by atoms with E-state index in [1.807, 2.05) is 0 Å². The van der Waals surface area contributed by atoms with Gasteiger partial charge in [0.1, 0.15) is 10.2 Å². The molecule has 1 saturated carbocycles. The van der Waals surface area contributed by atoms with Gasteiger partial charge in [0.2, 0.25) is 5.60 Å². The van der Waals surface area contributed by atoms with Crippen LogP contribution in [0.15, 0.2) is 53.6 Å². The van der Waals surface area contributed by atoms with Gasteiger partial charge < -0.3 is 4.74 Å². The number of carbonyl (C=O) groups excluding carboxylic acids is 1. The number of aromatic nitrogens is 1. The number of ether oxygens (including phenoxy) is 1. The highest BCUT2D eigenvalue weighted by molar-refractivity contribution is 7.92. The molecule has 1 heterocycles. The van der Waals surface area contributed by atoms with Crippen molar-refractivity contribution in [2.45, 2.75) is 35.5 Å². The van der Waals surface area contributed by atoms with Crippen molar-refractivity contribution in [3.63, 3.8) is 0 Å². The van der Waals surface area contributed by atoms with E-state index in [0.717, 1.165) is 23.5 Å². The van der Waals surface area contributed by atoms with Gasteiger partial charge in [-0.1, -0.05) is 35.1 Å². The van der Waals surface area contributed by atoms with Crippen LogP contribution in [0, 0.1) is 11.6 Å². The molecular weight excluding hydrogens is 482 g/mol. The maximum atomic E-state index is 14.3. The van der Waals surface area contributed by atoms with Crippen molar-refractivity contribution in [2.24, 2.45) is 0 Å². The molecule has 1 aromatic heterocycles. The van der Waals surface area contributed by atoms with Gasteiger partial charge in [0.15, 0.2) is 26.5 Å². The zero-order chi connectivity index (χ0) is 23.1. The highest BCUT2D eigenvalue weighted by atomic mass is 35.5. The van der Waals surface area contributed by atoms with E-state index in [-0.39, 0.29) is 26.6 Å². The lowest BCUT2D eigenvalue weighted by Crippen LogP contribution is -2.43. The molecule has 11 heteroatoms. The van der Waals surface area contributed by atoms with Crippen molar-refractivity contribution in [1.29, 1.82) is 0 Å². The molecule has 32 heavy (non-hydrogen) atoms. The monoisotopic (exact) mass is 498 g/mol. The van der Waals surface area contributed by atoms with E-state index in [9.17, 15) is 22.0 Å². The summed E-state index contributed by atoms with van der Waals surface area (Å²) in [5.74, 6) is -2.84. The minimum Gasteiger partial charge on any atom is -0.470 e. The highest BCUT2D eigenvalue weighted by Gasteiger charge is 2.41. The van der Waals surface area contributed by atoms with Crippen molar-refractivity contribution in [2.75, 3.05) is 5.32 Å². The zero-order valence-electron chi connectivity index (χ0n) is 16.6. The lowest BCUT2D eigenvalue weighted by molar-refractivity contribution is -0.130. The van der Waals surface area contributed by atoms with E-state index >= 15 is 0 Å². The molecule has 1 fully saturated rings. The minimum absolute atomic E-state index is 0.131. The number of carbonyl (C=O) groups is 1. The summed E-state index contributed by atoms with van der Waals surface area (Å²) < 4.78 is 58.7. The molecule has 0 aliphatic heterocycles. The zero-order valence-corrected chi connectivity index (χ0v) is 19.0. The second-order valence-electron chi connectivity index (χ2n) is 7.40. The first kappa shape index (κ1) is 22.6. The lowest BCUT2D eigenvalue weighted by atomic mass is 9.94. The van der Waals surface area contributed by atoms with E-state index in [2.05, 4.69) is 10.3 Å². The second-order valence-corrected chi connectivity index (χ2v) is 11.3. The first-order valence-corrected chi connectivity index (χ1v) is 12.2. The second kappa shape index (κ2) is 8.42. The van der Waals surface area contributed by atoms with Crippen molar-refractivity contribution in [1.82, 2.24) is 4.98 Å². The Balaban J connectivity index is 1.71. The first-order valence-electron chi connectivity index (χ1n) is 9.51. The number of rotatable bonds is 7. The van der Waals surface area contributed by atoms with Crippen LogP contribution in [0.1, 0.15) is 25.3 Å². The Morgan fingerprint density at radius 1 is 1.22 bits per heavy atom. The van der Waals surface area contributed by atoms with Crippen LogP contribution in [-0.2, 0) is 20.2 Å². The maximum absolute atomic E-state index is 14.3. The predicted octanol–water partition coefficient (Wildman–Crippen LogP) is 4.94. The largest absolute Gasteiger partial charge is 0.470 e. The van der Waals surface area contributed by atoms with Gasteiger partial charge in [-0.3, -0.25) is 10.1 Å². The molecule has 1 atom stereocenters. The van der Waals surface area contributed by atoms with Crippen LogP contribution in [0.25, 0.3) is 0 Å². The molecule has 2 aromatic carbocycles. The molecule has 1 aliphatic rings. The van der Waals surface area contributed by atoms with E-state index in [1.165, 1.54) is 37.4 Å². The fraction of sp³-hybridized carbons (Fsp3) is 0.238. The fourth-order valence-electron chi connectivity index (χ4n) is 3.08. The van der Waals surface area contributed by atoms with Crippen LogP contribution in [0.3, 0.4) is 0 Å². The average Bonchev–Trinajstić information content (AvgIpc) is 3.54. The summed E-state index contributed by atoms with van der Waals surface area (Å²) in [5, 5.41) is 2.38. The van der Waals surface area contributed by atoms with Crippen LogP contribution in [0.5, 0.6) is 5.75 Å². The summed E-state index contributed by atoms with van der Waals surface area (Å²) in [6.07, 6.45) is 2.60. The van der Waals surface area contributed by atoms with E-state index in [1.54, 1.807) is 0 Å². The van der Waals surface area contributed by atoms with Crippen molar-refractivity contribution < 1.29 is 26.7 Å². The summed E-state index contributed by atoms with van der Waals surface area (Å²) in [7, 11) is -3.43. The van der Waals surface area contributed by atoms with Gasteiger partial charge in [0.05, 0.1) is 16.3 Å². The fourth-order valence-corrected chi connectivity index (χ4v) is 5.54. The number of benzene rings is 2. The van der Waals surface area contributed by atoms with Gasteiger partial charge >= 0.3 is 0 Å². The average molecular weight is 499 g/mol. The van der Waals surface area contributed by atoms with Crippen molar-refractivity contribution >= 4 is 43.8 Å². The summed E-state index contributed by atoms with van der Waals surface area (Å²) in [6, 6.07) is 8.36. The number of nitrogens with one attached hydrogen (secondary N) is 1. The number of sulfone groups is 1. The number of amides is 1. The highest BCUT2D eigenvalue weighted by Crippen LogP contribution is 2.36. The van der Waals surface area contributed by atoms with E-state index in [0.29, 0.717) is 23.2 Å². The number of hydrogen-bond acceptors (Lipinski definition) is 6. The molecule has 0 spiro atoms. The minimum atomic E-state index is -3.43. The van der Waals surface area contributed by atoms with Crippen LogP contribution in [0.4, 0.5) is 13.9 Å². The normalized spacial score (nSPS) is 15.8. The third-order valence-corrected chi connectivity index (χ3v) is 8.34. The molecule has 1 unspecified atom stereocenters. The summed E-state index contributed by atoms with van der Waals surface area (Å²) in [5.41, 5.74) is -1.55. The molecule has 4 rings (SSSR count). The van der Waals surface area contributed by atoms with Crippen molar-refractivity contribution in [3.05, 3.63) is 70.2 Å². The Morgan fingerprint density at radius 3 is 2.47 bits per heavy atom. The van der Waals surface area contributed by atoms with Gasteiger partial charge in [-0.15, -0.1) is 0 Å². The SMILES string of the molecule is CC(Oc1ccc(F)cc1F)(C(=O)Nc1ncc(Cl)s1)c1ccc(S(=O)(=O)C2CC2)cc1. The summed E-state index contributed by atoms with van der Waals surface area (Å²) >= 11 is 6.88. The molecule has 0 saturated heterocycles. The summed E-state index contributed by atoms with van der Waals surface area (Å²) in [4.78, 5) is 17.3. The van der Waals surface area contributed by atoms with Crippen LogP contribution in [0.2, 0.25) is 4.34 Å². The standard InChI is InChI=1S/C21H17ClF2N2O4S2/c1-21(19(27)26-20-25-11-18(22)31-20,30-17-9-4-13(23)10-16(17)24)12-2-5-14(6-3-12)32(28,29)15-7-8-15/h2-6,9-11,15H,7-8H2,1H3,(H,25,26,27). The number of halogens is 3. The Bertz CT molecular complexity index is 1280. The predicted molar refractivity (Wildman–Crippen MR) is 117 cm³/mol. The number of thiazole rings is 1. The quantitative estimate of drug-likeness (QED) is 0.498. The molecule has 0 radical (unpaired) electrons. The maximum Gasteiger partial charge on any atom is 0.274 e. The van der Waals surface area contributed by atoms with Gasteiger partial charge in [-0.05, 0) is 44.0 Å². The van der Waals surface area contributed by atoms with E-state index in [4.69, 9.17) is 16.3 Å². The first-order chi connectivity index (χ1) is 15.1. The van der Waals surface area contributed by atoms with Crippen LogP contribution in [-0.4, -0.2) is 24.6 Å². The molecular formula is C21H17ClF2N2O4S2. The molecule has 3 aromatic rings. The molecule has 6 nitrogen and oxygen atoms in total. The Hall–Kier alpha value is -2.56. The molecule has 1 N–H and O–H groups in total. The third-order valence-electron chi connectivity index (χ3n) is 5.04. The Kier molecular flexibility index (Phi) is 5.95. The Morgan fingerprint density at radius 2 is 1.91 bits per heavy atom. The van der Waals surface area contributed by atoms with Gasteiger partial charge in [-0.25, -0.2) is 22.2 Å². The van der Waals surface area contributed by atoms with Gasteiger partial charge in [0, 0.05) is 11.6 Å². The molecule has 1 aliphatic carbocycles. The van der Waals surface area contributed by atoms with Crippen LogP contribution >= 0.6 is 22.9 Å². The number of hydrogen-bond donors (Lipinski definition) is 1. The van der Waals surface area contributed by atoms with Gasteiger partial charge in [0.25, 0.3) is 5.91 Å². The number of nitrogens with zero attached hydrogens (tertiary/aromatic N) is 1. The molecule has 1 amide bonds. The van der Waals surface area contributed by atoms with Gasteiger partial charge in [-0.2, -0.15) is 0 Å². The molecule has 0 bridgehead atoms. The topological polar surface area (TPSA) is 85.4 Å². The van der Waals surface area contributed by atoms with Crippen LogP contribution < -0.4 is 10.1 Å². The molecule has 168 valence electrons. The Labute approximate surface area is 192 Å². The third kappa shape index (κ3) is 4.48. The lowest BCUT2D eigenvalue weighted by Gasteiger charge is -2.30. The van der Waals surface area contributed by atoms with Crippen molar-refractivity contribution in [3.8, 4) is 5.75 Å². The number of anilines is 1.